The fourth-order valence-corrected chi connectivity index (χ4v) is 1.45. The van der Waals surface area contributed by atoms with E-state index in [1.807, 2.05) is 0 Å². The lowest BCUT2D eigenvalue weighted by Crippen LogP contribution is -2.07. The van der Waals surface area contributed by atoms with Gasteiger partial charge in [0.2, 0.25) is 0 Å². The molecule has 0 unspecified atom stereocenters. The molecule has 0 aromatic carbocycles. The highest BCUT2D eigenvalue weighted by atomic mass is 16.5. The van der Waals surface area contributed by atoms with Crippen LogP contribution in [0, 0.1) is 12.8 Å². The number of carbonyl (C=O) groups is 1. The van der Waals surface area contributed by atoms with Crippen molar-refractivity contribution in [2.24, 2.45) is 5.92 Å². The van der Waals surface area contributed by atoms with Gasteiger partial charge in [-0.05, 0) is 19.3 Å². The molecule has 1 aromatic heterocycles. The van der Waals surface area contributed by atoms with Crippen LogP contribution in [0.1, 0.15) is 35.3 Å². The second-order valence-corrected chi connectivity index (χ2v) is 4.04. The van der Waals surface area contributed by atoms with Crippen molar-refractivity contribution < 1.29 is 14.6 Å². The minimum atomic E-state index is -1.01. The van der Waals surface area contributed by atoms with Crippen LogP contribution in [0.4, 0.5) is 0 Å². The highest BCUT2D eigenvalue weighted by Crippen LogP contribution is 2.32. The van der Waals surface area contributed by atoms with Gasteiger partial charge in [0, 0.05) is 6.20 Å². The molecule has 0 atom stereocenters. The van der Waals surface area contributed by atoms with Gasteiger partial charge in [-0.1, -0.05) is 12.8 Å². The van der Waals surface area contributed by atoms with E-state index in [9.17, 15) is 4.79 Å². The third-order valence-electron chi connectivity index (χ3n) is 2.64. The van der Waals surface area contributed by atoms with Crippen LogP contribution in [0.5, 0.6) is 6.01 Å². The molecule has 1 aliphatic carbocycles. The molecule has 16 heavy (non-hydrogen) atoms. The smallest absolute Gasteiger partial charge is 0.339 e. The van der Waals surface area contributed by atoms with Gasteiger partial charge in [0.1, 0.15) is 0 Å². The lowest BCUT2D eigenvalue weighted by molar-refractivity contribution is 0.0695. The lowest BCUT2D eigenvalue weighted by Gasteiger charge is -2.05. The average Bonchev–Trinajstić information content (AvgIpc) is 3.01. The molecule has 5 heteroatoms. The maximum absolute atomic E-state index is 10.7. The first-order chi connectivity index (χ1) is 7.66. The van der Waals surface area contributed by atoms with Gasteiger partial charge in [0.25, 0.3) is 0 Å². The fourth-order valence-electron chi connectivity index (χ4n) is 1.45. The van der Waals surface area contributed by atoms with Crippen molar-refractivity contribution in [3.05, 3.63) is 17.5 Å². The molecule has 0 bridgehead atoms. The van der Waals surface area contributed by atoms with E-state index < -0.39 is 5.97 Å². The zero-order valence-electron chi connectivity index (χ0n) is 9.14. The zero-order chi connectivity index (χ0) is 11.5. The molecule has 0 saturated heterocycles. The Morgan fingerprint density at radius 2 is 2.38 bits per heavy atom. The number of carboxylic acid groups (broad SMARTS) is 1. The van der Waals surface area contributed by atoms with Crippen LogP contribution in [0.15, 0.2) is 6.20 Å². The average molecular weight is 222 g/mol. The highest BCUT2D eigenvalue weighted by molar-refractivity contribution is 5.88. The number of aromatic carboxylic acids is 1. The Labute approximate surface area is 93.5 Å². The van der Waals surface area contributed by atoms with Crippen LogP contribution in [-0.4, -0.2) is 27.7 Å². The van der Waals surface area contributed by atoms with E-state index in [0.717, 1.165) is 12.3 Å². The summed E-state index contributed by atoms with van der Waals surface area (Å²) in [5, 5.41) is 8.79. The minimum Gasteiger partial charge on any atom is -0.478 e. The third kappa shape index (κ3) is 2.68. The third-order valence-corrected chi connectivity index (χ3v) is 2.64. The van der Waals surface area contributed by atoms with Crippen LogP contribution in [0.25, 0.3) is 0 Å². The first-order valence-corrected chi connectivity index (χ1v) is 5.36. The second kappa shape index (κ2) is 4.47. The van der Waals surface area contributed by atoms with Crippen molar-refractivity contribution in [2.75, 3.05) is 6.61 Å². The van der Waals surface area contributed by atoms with Gasteiger partial charge in [0.05, 0.1) is 17.9 Å². The predicted molar refractivity (Wildman–Crippen MR) is 56.6 cm³/mol. The van der Waals surface area contributed by atoms with Gasteiger partial charge in [-0.2, -0.15) is 4.98 Å². The molecule has 1 saturated carbocycles. The molecule has 0 spiro atoms. The van der Waals surface area contributed by atoms with E-state index in [2.05, 4.69) is 9.97 Å². The quantitative estimate of drug-likeness (QED) is 0.820. The highest BCUT2D eigenvalue weighted by Gasteiger charge is 2.21. The van der Waals surface area contributed by atoms with Crippen molar-refractivity contribution in [2.45, 2.75) is 26.2 Å². The number of nitrogens with zero attached hydrogens (tertiary/aromatic N) is 2. The zero-order valence-corrected chi connectivity index (χ0v) is 9.14. The van der Waals surface area contributed by atoms with Crippen molar-refractivity contribution in [3.8, 4) is 6.01 Å². The van der Waals surface area contributed by atoms with E-state index in [-0.39, 0.29) is 11.6 Å². The van der Waals surface area contributed by atoms with Crippen LogP contribution in [-0.2, 0) is 0 Å². The second-order valence-electron chi connectivity index (χ2n) is 4.04. The molecule has 1 fully saturated rings. The standard InChI is InChI=1S/C11H14N2O3/c1-7-9(10(14)15)6-12-11(13-7)16-5-4-8-2-3-8/h6,8H,2-5H2,1H3,(H,14,15). The summed E-state index contributed by atoms with van der Waals surface area (Å²) in [6, 6.07) is 0.267. The van der Waals surface area contributed by atoms with Crippen molar-refractivity contribution >= 4 is 5.97 Å². The van der Waals surface area contributed by atoms with E-state index in [0.29, 0.717) is 12.3 Å². The van der Waals surface area contributed by atoms with E-state index in [1.165, 1.54) is 19.0 Å². The van der Waals surface area contributed by atoms with Crippen LogP contribution in [0.2, 0.25) is 0 Å². The summed E-state index contributed by atoms with van der Waals surface area (Å²) in [4.78, 5) is 18.6. The molecule has 5 nitrogen and oxygen atoms in total. The molecule has 1 heterocycles. The van der Waals surface area contributed by atoms with E-state index >= 15 is 0 Å². The van der Waals surface area contributed by atoms with Gasteiger partial charge in [0.15, 0.2) is 0 Å². The first kappa shape index (κ1) is 10.9. The van der Waals surface area contributed by atoms with Crippen LogP contribution < -0.4 is 4.74 Å². The molecule has 2 rings (SSSR count). The summed E-state index contributed by atoms with van der Waals surface area (Å²) >= 11 is 0. The maximum Gasteiger partial charge on any atom is 0.339 e. The Morgan fingerprint density at radius 3 is 2.94 bits per heavy atom. The van der Waals surface area contributed by atoms with Gasteiger partial charge >= 0.3 is 12.0 Å². The Kier molecular flexibility index (Phi) is 3.03. The van der Waals surface area contributed by atoms with E-state index in [1.54, 1.807) is 6.92 Å². The Balaban J connectivity index is 1.93. The largest absolute Gasteiger partial charge is 0.478 e. The van der Waals surface area contributed by atoms with Crippen LogP contribution >= 0.6 is 0 Å². The van der Waals surface area contributed by atoms with Crippen molar-refractivity contribution in [1.29, 1.82) is 0 Å². The molecular weight excluding hydrogens is 208 g/mol. The number of rotatable bonds is 5. The minimum absolute atomic E-state index is 0.120. The Morgan fingerprint density at radius 1 is 1.62 bits per heavy atom. The molecule has 86 valence electrons. The SMILES string of the molecule is Cc1nc(OCCC2CC2)ncc1C(=O)O. The number of hydrogen-bond acceptors (Lipinski definition) is 4. The molecule has 1 N–H and O–H groups in total. The number of aryl methyl sites for hydroxylation is 1. The Hall–Kier alpha value is -1.65. The maximum atomic E-state index is 10.7. The molecular formula is C11H14N2O3. The summed E-state index contributed by atoms with van der Waals surface area (Å²) < 4.78 is 5.36. The van der Waals surface area contributed by atoms with E-state index in [4.69, 9.17) is 9.84 Å². The summed E-state index contributed by atoms with van der Waals surface area (Å²) in [6.45, 7) is 2.25. The number of ether oxygens (including phenoxy) is 1. The van der Waals surface area contributed by atoms with Gasteiger partial charge < -0.3 is 9.84 Å². The van der Waals surface area contributed by atoms with Crippen molar-refractivity contribution in [1.82, 2.24) is 9.97 Å². The summed E-state index contributed by atoms with van der Waals surface area (Å²) in [7, 11) is 0. The van der Waals surface area contributed by atoms with Gasteiger partial charge in [-0.15, -0.1) is 0 Å². The summed E-state index contributed by atoms with van der Waals surface area (Å²) in [5.74, 6) is -0.207. The molecule has 0 radical (unpaired) electrons. The summed E-state index contributed by atoms with van der Waals surface area (Å²) in [6.07, 6.45) is 4.91. The topological polar surface area (TPSA) is 72.3 Å². The first-order valence-electron chi connectivity index (χ1n) is 5.36. The lowest BCUT2D eigenvalue weighted by atomic mass is 10.2. The number of aromatic nitrogens is 2. The normalized spacial score (nSPS) is 14.8. The Bertz CT molecular complexity index is 402. The monoisotopic (exact) mass is 222 g/mol. The van der Waals surface area contributed by atoms with Crippen molar-refractivity contribution in [3.63, 3.8) is 0 Å². The molecule has 0 amide bonds. The molecule has 1 aliphatic rings. The predicted octanol–water partition coefficient (Wildman–Crippen LogP) is 1.66. The fraction of sp³-hybridized carbons (Fsp3) is 0.545. The number of carboxylic acids is 1. The summed E-state index contributed by atoms with van der Waals surface area (Å²) in [5.41, 5.74) is 0.554. The molecule has 0 aliphatic heterocycles. The molecule has 1 aromatic rings. The van der Waals surface area contributed by atoms with Gasteiger partial charge in [-0.3, -0.25) is 0 Å². The van der Waals surface area contributed by atoms with Gasteiger partial charge in [-0.25, -0.2) is 9.78 Å². The number of hydrogen-bond donors (Lipinski definition) is 1. The van der Waals surface area contributed by atoms with Crippen LogP contribution in [0.3, 0.4) is 0 Å².